The van der Waals surface area contributed by atoms with Crippen LogP contribution in [0.25, 0.3) is 0 Å². The molecule has 0 spiro atoms. The van der Waals surface area contributed by atoms with Crippen molar-refractivity contribution in [3.8, 4) is 0 Å². The normalized spacial score (nSPS) is 46.0. The van der Waals surface area contributed by atoms with Crippen LogP contribution in [-0.2, 0) is 0 Å². The lowest BCUT2D eigenvalue weighted by molar-refractivity contribution is -0.157. The van der Waals surface area contributed by atoms with Crippen molar-refractivity contribution in [1.82, 2.24) is 0 Å². The Hall–Kier alpha value is -0.0400. The van der Waals surface area contributed by atoms with Crippen molar-refractivity contribution in [3.05, 3.63) is 0 Å². The van der Waals surface area contributed by atoms with Crippen molar-refractivity contribution in [3.63, 3.8) is 0 Å². The van der Waals surface area contributed by atoms with Crippen LogP contribution >= 0.6 is 0 Å². The highest BCUT2D eigenvalue weighted by molar-refractivity contribution is 5.10. The van der Waals surface area contributed by atoms with Crippen LogP contribution in [0, 0.1) is 22.2 Å². The third kappa shape index (κ3) is 3.33. The van der Waals surface area contributed by atoms with Crippen molar-refractivity contribution in [2.75, 3.05) is 0 Å². The van der Waals surface area contributed by atoms with Gasteiger partial charge in [-0.15, -0.1) is 0 Å². The van der Waals surface area contributed by atoms with Crippen molar-refractivity contribution in [1.29, 1.82) is 0 Å². The fraction of sp³-hybridized carbons (Fsp3) is 1.00. The molecule has 0 aromatic carbocycles. The Bertz CT molecular complexity index is 356. The Kier molecular flexibility index (Phi) is 4.19. The summed E-state index contributed by atoms with van der Waals surface area (Å²) in [7, 11) is 0. The van der Waals surface area contributed by atoms with Gasteiger partial charge in [0.05, 0.1) is 6.10 Å². The van der Waals surface area contributed by atoms with Crippen molar-refractivity contribution in [2.45, 2.75) is 104 Å². The minimum absolute atomic E-state index is 0.0368. The molecule has 0 saturated heterocycles. The molecule has 0 amide bonds. The lowest BCUT2D eigenvalue weighted by atomic mass is 9.39. The summed E-state index contributed by atoms with van der Waals surface area (Å²) in [6, 6.07) is 0. The standard InChI is InChI=1S/C20H36O/c1-4-5-6-7-8-17(21)12-20-11-16-9-18(2,14-20)13-19(3,10-16)15-20/h16-17,21H,4-15H2,1-3H3. The lowest BCUT2D eigenvalue weighted by Crippen LogP contribution is -2.55. The summed E-state index contributed by atoms with van der Waals surface area (Å²) in [4.78, 5) is 0. The highest BCUT2D eigenvalue weighted by Crippen LogP contribution is 2.70. The third-order valence-electron chi connectivity index (χ3n) is 6.80. The molecule has 4 aliphatic rings. The second kappa shape index (κ2) is 5.55. The van der Waals surface area contributed by atoms with Gasteiger partial charge < -0.3 is 5.11 Å². The molecular weight excluding hydrogens is 256 g/mol. The van der Waals surface area contributed by atoms with Gasteiger partial charge in [-0.05, 0) is 73.5 Å². The van der Waals surface area contributed by atoms with Gasteiger partial charge in [0.15, 0.2) is 0 Å². The number of unbranched alkanes of at least 4 members (excludes halogenated alkanes) is 3. The maximum atomic E-state index is 10.6. The highest BCUT2D eigenvalue weighted by atomic mass is 16.3. The summed E-state index contributed by atoms with van der Waals surface area (Å²) >= 11 is 0. The zero-order valence-corrected chi connectivity index (χ0v) is 14.6. The zero-order valence-electron chi connectivity index (χ0n) is 14.6. The van der Waals surface area contributed by atoms with Gasteiger partial charge in [0.2, 0.25) is 0 Å². The Morgan fingerprint density at radius 3 is 2.19 bits per heavy atom. The van der Waals surface area contributed by atoms with E-state index in [9.17, 15) is 5.11 Å². The maximum absolute atomic E-state index is 10.6. The Morgan fingerprint density at radius 2 is 1.62 bits per heavy atom. The molecule has 21 heavy (non-hydrogen) atoms. The van der Waals surface area contributed by atoms with E-state index in [0.29, 0.717) is 16.2 Å². The summed E-state index contributed by atoms with van der Waals surface area (Å²) in [5.74, 6) is 0.962. The minimum atomic E-state index is -0.0368. The van der Waals surface area contributed by atoms with E-state index < -0.39 is 0 Å². The van der Waals surface area contributed by atoms with Crippen molar-refractivity contribution >= 4 is 0 Å². The van der Waals surface area contributed by atoms with E-state index in [4.69, 9.17) is 0 Å². The van der Waals surface area contributed by atoms with E-state index in [2.05, 4.69) is 20.8 Å². The molecule has 4 fully saturated rings. The minimum Gasteiger partial charge on any atom is -0.393 e. The molecule has 4 aliphatic carbocycles. The van der Waals surface area contributed by atoms with Gasteiger partial charge in [-0.25, -0.2) is 0 Å². The Labute approximate surface area is 131 Å². The first kappa shape index (κ1) is 15.8. The molecule has 1 heteroatoms. The average Bonchev–Trinajstić information content (AvgIpc) is 2.29. The third-order valence-corrected chi connectivity index (χ3v) is 6.80. The first-order valence-electron chi connectivity index (χ1n) is 9.54. The molecule has 3 atom stereocenters. The van der Waals surface area contributed by atoms with Gasteiger partial charge >= 0.3 is 0 Å². The molecule has 4 bridgehead atoms. The van der Waals surface area contributed by atoms with Crippen LogP contribution in [0.2, 0.25) is 0 Å². The molecule has 3 unspecified atom stereocenters. The van der Waals surface area contributed by atoms with Crippen LogP contribution < -0.4 is 0 Å². The predicted octanol–water partition coefficient (Wildman–Crippen LogP) is 5.70. The topological polar surface area (TPSA) is 20.2 Å². The zero-order chi connectivity index (χ0) is 15.1. The second-order valence-corrected chi connectivity index (χ2v) is 9.84. The molecule has 4 rings (SSSR count). The van der Waals surface area contributed by atoms with E-state index in [1.807, 2.05) is 0 Å². The van der Waals surface area contributed by atoms with E-state index in [1.165, 1.54) is 64.2 Å². The smallest absolute Gasteiger partial charge is 0.0545 e. The lowest BCUT2D eigenvalue weighted by Gasteiger charge is -2.66. The molecule has 1 N–H and O–H groups in total. The number of rotatable bonds is 7. The van der Waals surface area contributed by atoms with Crippen LogP contribution in [0.1, 0.15) is 97.8 Å². The van der Waals surface area contributed by atoms with Crippen LogP contribution in [-0.4, -0.2) is 11.2 Å². The quantitative estimate of drug-likeness (QED) is 0.596. The van der Waals surface area contributed by atoms with Crippen molar-refractivity contribution < 1.29 is 5.11 Å². The molecule has 0 aromatic rings. The average molecular weight is 293 g/mol. The number of hydrogen-bond donors (Lipinski definition) is 1. The van der Waals surface area contributed by atoms with E-state index in [-0.39, 0.29) is 6.10 Å². The van der Waals surface area contributed by atoms with Gasteiger partial charge in [0.25, 0.3) is 0 Å². The van der Waals surface area contributed by atoms with Crippen LogP contribution in [0.15, 0.2) is 0 Å². The van der Waals surface area contributed by atoms with E-state index in [0.717, 1.165) is 18.8 Å². The molecule has 0 heterocycles. The van der Waals surface area contributed by atoms with Gasteiger partial charge in [-0.2, -0.15) is 0 Å². The SMILES string of the molecule is CCCCCCC(O)CC12CC3CC(C)(CC(C)(C3)C1)C2. The summed E-state index contributed by atoms with van der Waals surface area (Å²) < 4.78 is 0. The fourth-order valence-corrected chi connectivity index (χ4v) is 7.32. The Morgan fingerprint density at radius 1 is 0.952 bits per heavy atom. The van der Waals surface area contributed by atoms with E-state index >= 15 is 0 Å². The molecular formula is C20H36O. The molecule has 122 valence electrons. The first-order valence-corrected chi connectivity index (χ1v) is 9.54. The van der Waals surface area contributed by atoms with Crippen LogP contribution in [0.5, 0.6) is 0 Å². The summed E-state index contributed by atoms with van der Waals surface area (Å²) in [5.41, 5.74) is 1.68. The second-order valence-electron chi connectivity index (χ2n) is 9.84. The molecule has 0 aromatic heterocycles. The number of hydrogen-bond acceptors (Lipinski definition) is 1. The highest BCUT2D eigenvalue weighted by Gasteiger charge is 2.59. The van der Waals surface area contributed by atoms with E-state index in [1.54, 1.807) is 0 Å². The maximum Gasteiger partial charge on any atom is 0.0545 e. The Balaban J connectivity index is 1.59. The van der Waals surface area contributed by atoms with Crippen LogP contribution in [0.3, 0.4) is 0 Å². The van der Waals surface area contributed by atoms with Gasteiger partial charge in [-0.3, -0.25) is 0 Å². The van der Waals surface area contributed by atoms with Gasteiger partial charge in [0.1, 0.15) is 0 Å². The van der Waals surface area contributed by atoms with Gasteiger partial charge in [0, 0.05) is 0 Å². The number of aliphatic hydroxyl groups excluding tert-OH is 1. The fourth-order valence-electron chi connectivity index (χ4n) is 7.32. The molecule has 0 radical (unpaired) electrons. The molecule has 0 aliphatic heterocycles. The summed E-state index contributed by atoms with van der Waals surface area (Å²) in [6.07, 6.45) is 15.9. The first-order chi connectivity index (χ1) is 9.86. The monoisotopic (exact) mass is 292 g/mol. The predicted molar refractivity (Wildman–Crippen MR) is 89.2 cm³/mol. The van der Waals surface area contributed by atoms with Crippen LogP contribution in [0.4, 0.5) is 0 Å². The molecule has 4 saturated carbocycles. The van der Waals surface area contributed by atoms with Gasteiger partial charge in [-0.1, -0.05) is 46.5 Å². The molecule has 1 nitrogen and oxygen atoms in total. The largest absolute Gasteiger partial charge is 0.393 e. The summed E-state index contributed by atoms with van der Waals surface area (Å²) in [5, 5.41) is 10.6. The number of aliphatic hydroxyl groups is 1. The summed E-state index contributed by atoms with van der Waals surface area (Å²) in [6.45, 7) is 7.34. The van der Waals surface area contributed by atoms with Crippen molar-refractivity contribution in [2.24, 2.45) is 22.2 Å².